The Balaban J connectivity index is 1.62. The highest BCUT2D eigenvalue weighted by Gasteiger charge is 2.33. The zero-order chi connectivity index (χ0) is 24.7. The van der Waals surface area contributed by atoms with Gasteiger partial charge in [-0.25, -0.2) is 0 Å². The van der Waals surface area contributed by atoms with E-state index in [0.717, 1.165) is 17.7 Å². The largest absolute Gasteiger partial charge is 0.457 e. The summed E-state index contributed by atoms with van der Waals surface area (Å²) < 4.78 is 44.8. The normalized spacial score (nSPS) is 11.7. The molecule has 12 heteroatoms. The number of carbonyl (C=O) groups excluding carboxylic acids is 1. The Bertz CT molecular complexity index is 1230. The number of alkyl halides is 3. The van der Waals surface area contributed by atoms with Crippen molar-refractivity contribution in [3.8, 4) is 11.5 Å². The van der Waals surface area contributed by atoms with Crippen LogP contribution < -0.4 is 15.8 Å². The van der Waals surface area contributed by atoms with E-state index < -0.39 is 22.7 Å². The smallest absolute Gasteiger partial charge is 0.417 e. The third-order valence-corrected chi connectivity index (χ3v) is 4.81. The fourth-order valence-corrected chi connectivity index (χ4v) is 3.15. The molecule has 176 valence electrons. The van der Waals surface area contributed by atoms with Crippen molar-refractivity contribution in [1.29, 1.82) is 5.53 Å². The summed E-state index contributed by atoms with van der Waals surface area (Å²) in [6.07, 6.45) is -2.79. The summed E-state index contributed by atoms with van der Waals surface area (Å²) in [4.78, 5) is 16.3. The summed E-state index contributed by atoms with van der Waals surface area (Å²) in [5, 5.41) is 8.29. The average Bonchev–Trinajstić information content (AvgIpc) is 2.79. The Morgan fingerprint density at radius 1 is 1.15 bits per heavy atom. The molecule has 0 atom stereocenters. The number of aromatic nitrogens is 1. The Hall–Kier alpha value is -3.99. The van der Waals surface area contributed by atoms with Gasteiger partial charge in [0, 0.05) is 24.4 Å². The molecule has 1 aromatic heterocycles. The van der Waals surface area contributed by atoms with Gasteiger partial charge in [-0.1, -0.05) is 29.0 Å². The van der Waals surface area contributed by atoms with Crippen LogP contribution in [0.15, 0.2) is 71.1 Å². The highest BCUT2D eigenvalue weighted by atomic mass is 35.5. The second-order valence-corrected chi connectivity index (χ2v) is 7.36. The lowest BCUT2D eigenvalue weighted by Crippen LogP contribution is -2.14. The first-order valence-corrected chi connectivity index (χ1v) is 10.1. The van der Waals surface area contributed by atoms with Gasteiger partial charge in [-0.15, -0.1) is 5.10 Å². The lowest BCUT2D eigenvalue weighted by Gasteiger charge is -2.12. The number of benzene rings is 2. The number of anilines is 1. The maximum atomic E-state index is 13.0. The van der Waals surface area contributed by atoms with E-state index >= 15 is 0 Å². The molecular formula is C22H18ClF3N6O2. The minimum absolute atomic E-state index is 0.00771. The van der Waals surface area contributed by atoms with E-state index in [4.69, 9.17) is 27.6 Å². The molecule has 8 nitrogen and oxygen atoms in total. The molecule has 3 aromatic rings. The predicted octanol–water partition coefficient (Wildman–Crippen LogP) is 5.77. The van der Waals surface area contributed by atoms with E-state index in [2.05, 4.69) is 20.6 Å². The molecule has 3 rings (SSSR count). The minimum atomic E-state index is -4.62. The van der Waals surface area contributed by atoms with Gasteiger partial charge in [0.2, 0.25) is 5.91 Å². The number of aryl methyl sites for hydroxylation is 1. The highest BCUT2D eigenvalue weighted by molar-refractivity contribution is 6.31. The maximum Gasteiger partial charge on any atom is 0.417 e. The van der Waals surface area contributed by atoms with Gasteiger partial charge in [0.05, 0.1) is 10.6 Å². The number of hydrogen-bond acceptors (Lipinski definition) is 5. The van der Waals surface area contributed by atoms with Gasteiger partial charge in [0.25, 0.3) is 0 Å². The first-order chi connectivity index (χ1) is 16.2. The van der Waals surface area contributed by atoms with Crippen LogP contribution in [0.25, 0.3) is 0 Å². The number of amidine groups is 1. The van der Waals surface area contributed by atoms with Crippen LogP contribution in [0.4, 0.5) is 18.9 Å². The number of rotatable bonds is 8. The first kappa shape index (κ1) is 24.6. The molecule has 0 saturated carbocycles. The van der Waals surface area contributed by atoms with Gasteiger partial charge >= 0.3 is 6.18 Å². The molecule has 0 fully saturated rings. The molecule has 0 aliphatic heterocycles. The second kappa shape index (κ2) is 10.8. The average molecular weight is 491 g/mol. The standard InChI is InChI=1S/C22H18ClF3N6O2/c23-18-6-5-14(11-17(18)22(24,25)26)30-20(33)7-4-13-2-1-3-15(10-13)34-16-8-9-29-19(12-16)21(27)31-32-28/h1-3,5-6,8-12H,4,7H2,(H,30,33)(H3,27,28,31). The number of hydrogen-bond donors (Lipinski definition) is 3. The Labute approximate surface area is 197 Å². The number of pyridine rings is 1. The lowest BCUT2D eigenvalue weighted by molar-refractivity contribution is -0.137. The summed E-state index contributed by atoms with van der Waals surface area (Å²) in [5.74, 6) is 0.424. The van der Waals surface area contributed by atoms with E-state index in [1.807, 2.05) is 0 Å². The van der Waals surface area contributed by atoms with Gasteiger partial charge < -0.3 is 15.8 Å². The number of nitrogens with zero attached hydrogens (tertiary/aromatic N) is 3. The van der Waals surface area contributed by atoms with Gasteiger partial charge in [-0.3, -0.25) is 9.78 Å². The number of nitrogens with one attached hydrogen (secondary N) is 2. The first-order valence-electron chi connectivity index (χ1n) is 9.75. The van der Waals surface area contributed by atoms with Crippen molar-refractivity contribution < 1.29 is 22.7 Å². The van der Waals surface area contributed by atoms with Crippen LogP contribution in [-0.4, -0.2) is 16.7 Å². The molecule has 4 N–H and O–H groups in total. The zero-order valence-corrected chi connectivity index (χ0v) is 18.2. The van der Waals surface area contributed by atoms with Crippen LogP contribution in [0, 0.1) is 5.53 Å². The van der Waals surface area contributed by atoms with Crippen LogP contribution in [0.3, 0.4) is 0 Å². The molecule has 0 saturated heterocycles. The van der Waals surface area contributed by atoms with Crippen LogP contribution >= 0.6 is 11.6 Å². The van der Waals surface area contributed by atoms with Gasteiger partial charge in [0.1, 0.15) is 17.2 Å². The van der Waals surface area contributed by atoms with Crippen LogP contribution in [-0.2, 0) is 17.4 Å². The lowest BCUT2D eigenvalue weighted by atomic mass is 10.1. The molecule has 0 radical (unpaired) electrons. The summed E-state index contributed by atoms with van der Waals surface area (Å²) in [6.45, 7) is 0. The third kappa shape index (κ3) is 6.75. The second-order valence-electron chi connectivity index (χ2n) is 6.95. The fourth-order valence-electron chi connectivity index (χ4n) is 2.92. The topological polar surface area (TPSA) is 126 Å². The molecule has 1 heterocycles. The molecule has 0 unspecified atom stereocenters. The van der Waals surface area contributed by atoms with Crippen molar-refractivity contribution in [2.24, 2.45) is 16.1 Å². The van der Waals surface area contributed by atoms with Crippen molar-refractivity contribution in [3.63, 3.8) is 0 Å². The monoisotopic (exact) mass is 490 g/mol. The number of halogens is 4. The maximum absolute atomic E-state index is 13.0. The Kier molecular flexibility index (Phi) is 7.79. The van der Waals surface area contributed by atoms with Crippen molar-refractivity contribution >= 4 is 29.0 Å². The highest BCUT2D eigenvalue weighted by Crippen LogP contribution is 2.36. The van der Waals surface area contributed by atoms with Gasteiger partial charge in [-0.05, 0) is 48.4 Å². The van der Waals surface area contributed by atoms with Gasteiger partial charge in [-0.2, -0.15) is 18.7 Å². The predicted molar refractivity (Wildman–Crippen MR) is 120 cm³/mol. The Morgan fingerprint density at radius 2 is 1.91 bits per heavy atom. The van der Waals surface area contributed by atoms with E-state index in [-0.39, 0.29) is 23.6 Å². The molecule has 2 aromatic carbocycles. The fraction of sp³-hybridized carbons (Fsp3) is 0.136. The molecule has 0 aliphatic rings. The van der Waals surface area contributed by atoms with Crippen molar-refractivity contribution in [2.75, 3.05) is 5.32 Å². The van der Waals surface area contributed by atoms with Crippen molar-refractivity contribution in [3.05, 3.63) is 82.6 Å². The molecule has 0 spiro atoms. The summed E-state index contributed by atoms with van der Waals surface area (Å²) >= 11 is 5.60. The molecule has 1 amide bonds. The number of ether oxygens (including phenoxy) is 1. The Morgan fingerprint density at radius 3 is 2.65 bits per heavy atom. The number of carbonyl (C=O) groups is 1. The molecular weight excluding hydrogens is 473 g/mol. The number of amides is 1. The van der Waals surface area contributed by atoms with Crippen LogP contribution in [0.1, 0.15) is 23.2 Å². The zero-order valence-electron chi connectivity index (χ0n) is 17.4. The van der Waals surface area contributed by atoms with E-state index in [1.165, 1.54) is 18.3 Å². The summed E-state index contributed by atoms with van der Waals surface area (Å²) in [7, 11) is 0. The van der Waals surface area contributed by atoms with Gasteiger partial charge in [0.15, 0.2) is 5.84 Å². The quantitative estimate of drug-likeness (QED) is 0.160. The van der Waals surface area contributed by atoms with Crippen LogP contribution in [0.2, 0.25) is 5.02 Å². The van der Waals surface area contributed by atoms with Crippen molar-refractivity contribution in [2.45, 2.75) is 19.0 Å². The van der Waals surface area contributed by atoms with E-state index in [0.29, 0.717) is 17.9 Å². The molecule has 34 heavy (non-hydrogen) atoms. The summed E-state index contributed by atoms with van der Waals surface area (Å²) in [5.41, 5.74) is 12.5. The third-order valence-electron chi connectivity index (χ3n) is 4.48. The molecule has 0 aliphatic carbocycles. The van der Waals surface area contributed by atoms with Crippen molar-refractivity contribution in [1.82, 2.24) is 4.98 Å². The number of nitrogens with two attached hydrogens (primary N) is 1. The molecule has 0 bridgehead atoms. The minimum Gasteiger partial charge on any atom is -0.457 e. The van der Waals surface area contributed by atoms with Crippen LogP contribution in [0.5, 0.6) is 11.5 Å². The van der Waals surface area contributed by atoms with E-state index in [9.17, 15) is 18.0 Å². The SMILES string of the molecule is N=N/N=C(\N)c1cc(Oc2cccc(CCC(=O)Nc3ccc(Cl)c(C(F)(F)F)c3)c2)ccn1. The van der Waals surface area contributed by atoms with E-state index in [1.54, 1.807) is 30.3 Å². The summed E-state index contributed by atoms with van der Waals surface area (Å²) in [6, 6.07) is 13.3.